The highest BCUT2D eigenvalue weighted by atomic mass is 32.1. The lowest BCUT2D eigenvalue weighted by molar-refractivity contribution is 0.0240. The SMILES string of the molecule is Cc1cc(N)n(CCOC(=O)OCC(Oc2cccc3sc(C(=N)N)cc23)c2ccccc2)n1. The molecule has 176 valence electrons. The van der Waals surface area contributed by atoms with Crippen molar-refractivity contribution in [2.75, 3.05) is 18.9 Å². The Bertz CT molecular complexity index is 1300. The summed E-state index contributed by atoms with van der Waals surface area (Å²) in [4.78, 5) is 12.9. The number of hydrogen-bond acceptors (Lipinski definition) is 8. The number of carbonyl (C=O) groups excluding carboxylic acids is 1. The first-order valence-electron chi connectivity index (χ1n) is 10.6. The molecule has 10 heteroatoms. The molecule has 0 aliphatic carbocycles. The number of rotatable bonds is 9. The van der Waals surface area contributed by atoms with Crippen molar-refractivity contribution < 1.29 is 19.0 Å². The van der Waals surface area contributed by atoms with E-state index in [0.717, 1.165) is 21.3 Å². The van der Waals surface area contributed by atoms with E-state index < -0.39 is 12.3 Å². The number of aryl methyl sites for hydroxylation is 1. The Balaban J connectivity index is 1.43. The largest absolute Gasteiger partial charge is 0.508 e. The van der Waals surface area contributed by atoms with Crippen LogP contribution >= 0.6 is 11.3 Å². The van der Waals surface area contributed by atoms with Gasteiger partial charge in [0.15, 0.2) is 6.10 Å². The van der Waals surface area contributed by atoms with Gasteiger partial charge >= 0.3 is 6.16 Å². The summed E-state index contributed by atoms with van der Waals surface area (Å²) in [6.45, 7) is 2.18. The Labute approximate surface area is 200 Å². The van der Waals surface area contributed by atoms with Crippen molar-refractivity contribution in [1.29, 1.82) is 5.41 Å². The fraction of sp³-hybridized carbons (Fsp3) is 0.208. The van der Waals surface area contributed by atoms with Crippen molar-refractivity contribution in [3.05, 3.63) is 76.8 Å². The molecular formula is C24H25N5O4S. The molecule has 0 saturated carbocycles. The number of nitrogens with two attached hydrogens (primary N) is 2. The van der Waals surface area contributed by atoms with Gasteiger partial charge in [-0.25, -0.2) is 9.48 Å². The summed E-state index contributed by atoms with van der Waals surface area (Å²) < 4.78 is 19.3. The number of nitrogen functional groups attached to an aromatic ring is 2. The van der Waals surface area contributed by atoms with Crippen LogP contribution in [0.1, 0.15) is 22.2 Å². The van der Waals surface area contributed by atoms with Gasteiger partial charge in [-0.05, 0) is 30.7 Å². The van der Waals surface area contributed by atoms with E-state index in [1.54, 1.807) is 10.7 Å². The van der Waals surface area contributed by atoms with Crippen molar-refractivity contribution in [1.82, 2.24) is 9.78 Å². The Kier molecular flexibility index (Phi) is 6.98. The zero-order chi connectivity index (χ0) is 24.1. The average molecular weight is 480 g/mol. The molecule has 0 aliphatic heterocycles. The predicted octanol–water partition coefficient (Wildman–Crippen LogP) is 4.25. The summed E-state index contributed by atoms with van der Waals surface area (Å²) in [5.41, 5.74) is 13.1. The van der Waals surface area contributed by atoms with E-state index in [2.05, 4.69) is 5.10 Å². The van der Waals surface area contributed by atoms with Gasteiger partial charge in [0, 0.05) is 16.2 Å². The zero-order valence-corrected chi connectivity index (χ0v) is 19.4. The molecule has 4 aromatic rings. The molecule has 5 N–H and O–H groups in total. The standard InChI is InChI=1S/C24H25N5O4S/c1-15-12-22(25)29(28-15)10-11-31-24(30)32-14-19(16-6-3-2-4-7-16)33-18-8-5-9-20-17(18)13-21(34-20)23(26)27/h2-9,12-13,19H,10-11,14,25H2,1H3,(H3,26,27). The zero-order valence-electron chi connectivity index (χ0n) is 18.6. The highest BCUT2D eigenvalue weighted by Crippen LogP contribution is 2.35. The van der Waals surface area contributed by atoms with E-state index in [1.807, 2.05) is 61.5 Å². The Morgan fingerprint density at radius 1 is 1.15 bits per heavy atom. The molecule has 0 spiro atoms. The van der Waals surface area contributed by atoms with Crippen LogP contribution in [0.25, 0.3) is 10.1 Å². The second-order valence-corrected chi connectivity index (χ2v) is 8.64. The minimum absolute atomic E-state index is 0.00451. The van der Waals surface area contributed by atoms with Gasteiger partial charge in [-0.3, -0.25) is 5.41 Å². The van der Waals surface area contributed by atoms with Crippen LogP contribution in [0.5, 0.6) is 5.75 Å². The highest BCUT2D eigenvalue weighted by molar-refractivity contribution is 7.20. The highest BCUT2D eigenvalue weighted by Gasteiger charge is 2.19. The fourth-order valence-corrected chi connectivity index (χ4v) is 4.37. The first-order valence-corrected chi connectivity index (χ1v) is 11.4. The first-order chi connectivity index (χ1) is 16.4. The minimum Gasteiger partial charge on any atom is -0.481 e. The molecule has 34 heavy (non-hydrogen) atoms. The lowest BCUT2D eigenvalue weighted by Gasteiger charge is -2.20. The lowest BCUT2D eigenvalue weighted by atomic mass is 10.1. The molecule has 1 atom stereocenters. The maximum atomic E-state index is 12.2. The summed E-state index contributed by atoms with van der Waals surface area (Å²) in [6, 6.07) is 18.7. The van der Waals surface area contributed by atoms with E-state index in [-0.39, 0.29) is 19.0 Å². The number of benzene rings is 2. The summed E-state index contributed by atoms with van der Waals surface area (Å²) in [5.74, 6) is 1.11. The van der Waals surface area contributed by atoms with Crippen molar-refractivity contribution in [2.24, 2.45) is 5.73 Å². The molecule has 0 aliphatic rings. The van der Waals surface area contributed by atoms with Crippen molar-refractivity contribution in [2.45, 2.75) is 19.6 Å². The van der Waals surface area contributed by atoms with Crippen LogP contribution in [0.15, 0.2) is 60.7 Å². The molecular weight excluding hydrogens is 454 g/mol. The second kappa shape index (κ2) is 10.3. The third kappa shape index (κ3) is 5.46. The van der Waals surface area contributed by atoms with Gasteiger partial charge in [0.25, 0.3) is 0 Å². The smallest absolute Gasteiger partial charge is 0.481 e. The Morgan fingerprint density at radius 2 is 1.94 bits per heavy atom. The van der Waals surface area contributed by atoms with Crippen LogP contribution in [0.2, 0.25) is 0 Å². The Morgan fingerprint density at radius 3 is 2.65 bits per heavy atom. The minimum atomic E-state index is -0.806. The normalized spacial score (nSPS) is 11.8. The number of aromatic nitrogens is 2. The van der Waals surface area contributed by atoms with Crippen LogP contribution in [0.3, 0.4) is 0 Å². The number of nitrogens with zero attached hydrogens (tertiary/aromatic N) is 2. The molecule has 0 radical (unpaired) electrons. The van der Waals surface area contributed by atoms with Gasteiger partial charge in [0.05, 0.1) is 17.1 Å². The molecule has 0 bridgehead atoms. The maximum Gasteiger partial charge on any atom is 0.508 e. The van der Waals surface area contributed by atoms with E-state index in [4.69, 9.17) is 31.1 Å². The number of hydrogen-bond donors (Lipinski definition) is 3. The predicted molar refractivity (Wildman–Crippen MR) is 131 cm³/mol. The third-order valence-electron chi connectivity index (χ3n) is 5.04. The van der Waals surface area contributed by atoms with E-state index in [1.165, 1.54) is 11.3 Å². The topological polar surface area (TPSA) is 138 Å². The Hall–Kier alpha value is -4.05. The maximum absolute atomic E-state index is 12.2. The van der Waals surface area contributed by atoms with E-state index in [0.29, 0.717) is 23.0 Å². The third-order valence-corrected chi connectivity index (χ3v) is 6.17. The van der Waals surface area contributed by atoms with Gasteiger partial charge in [-0.1, -0.05) is 36.4 Å². The molecule has 4 rings (SSSR count). The van der Waals surface area contributed by atoms with Gasteiger partial charge in [-0.15, -0.1) is 11.3 Å². The molecule has 2 aromatic carbocycles. The van der Waals surface area contributed by atoms with Gasteiger partial charge in [0.2, 0.25) is 0 Å². The van der Waals surface area contributed by atoms with Gasteiger partial charge in [0.1, 0.15) is 30.6 Å². The number of fused-ring (bicyclic) bond motifs is 1. The molecule has 9 nitrogen and oxygen atoms in total. The van der Waals surface area contributed by atoms with Crippen molar-refractivity contribution in [3.8, 4) is 5.75 Å². The molecule has 2 aromatic heterocycles. The quantitative estimate of drug-likeness (QED) is 0.185. The van der Waals surface area contributed by atoms with E-state index >= 15 is 0 Å². The number of carbonyl (C=O) groups is 1. The van der Waals surface area contributed by atoms with Crippen LogP contribution < -0.4 is 16.2 Å². The average Bonchev–Trinajstić information content (AvgIpc) is 3.40. The van der Waals surface area contributed by atoms with E-state index in [9.17, 15) is 4.79 Å². The van der Waals surface area contributed by atoms with Crippen LogP contribution in [-0.2, 0) is 16.0 Å². The van der Waals surface area contributed by atoms with Crippen LogP contribution in [0.4, 0.5) is 10.6 Å². The number of amidine groups is 1. The van der Waals surface area contributed by atoms with Crippen molar-refractivity contribution in [3.63, 3.8) is 0 Å². The summed E-state index contributed by atoms with van der Waals surface area (Å²) in [5, 5.41) is 12.8. The van der Waals surface area contributed by atoms with Gasteiger partial charge < -0.3 is 25.7 Å². The molecule has 0 saturated heterocycles. The van der Waals surface area contributed by atoms with Crippen LogP contribution in [0, 0.1) is 12.3 Å². The van der Waals surface area contributed by atoms with Crippen LogP contribution in [-0.4, -0.2) is 35.0 Å². The van der Waals surface area contributed by atoms with Gasteiger partial charge in [-0.2, -0.15) is 5.10 Å². The molecule has 2 heterocycles. The summed E-state index contributed by atoms with van der Waals surface area (Å²) >= 11 is 1.42. The lowest BCUT2D eigenvalue weighted by Crippen LogP contribution is -2.20. The summed E-state index contributed by atoms with van der Waals surface area (Å²) in [7, 11) is 0. The molecule has 0 amide bonds. The monoisotopic (exact) mass is 479 g/mol. The summed E-state index contributed by atoms with van der Waals surface area (Å²) in [6.07, 6.45) is -1.37. The number of ether oxygens (including phenoxy) is 3. The fourth-order valence-electron chi connectivity index (χ4n) is 3.43. The molecule has 0 fully saturated rings. The first kappa shape index (κ1) is 23.1. The number of nitrogens with one attached hydrogen (secondary N) is 1. The second-order valence-electron chi connectivity index (χ2n) is 7.55. The number of thiophene rings is 1. The van der Waals surface area contributed by atoms with Crippen molar-refractivity contribution >= 4 is 39.2 Å². The number of anilines is 1. The molecule has 1 unspecified atom stereocenters.